The fourth-order valence-corrected chi connectivity index (χ4v) is 6.95. The average Bonchev–Trinajstić information content (AvgIpc) is 3.15. The number of phenols is 1. The van der Waals surface area contributed by atoms with Crippen LogP contribution < -0.4 is 16.0 Å². The number of aromatic nitrogens is 2. The molecular formula is C27H26N6O8S. The molecule has 15 heteroatoms. The minimum Gasteiger partial charge on any atom is -0.508 e. The lowest BCUT2D eigenvalue weighted by Crippen LogP contribution is -2.79. The number of aryl methyl sites for hydroxylation is 1. The monoisotopic (exact) mass is 594 g/mol. The third kappa shape index (κ3) is 4.32. The number of carbonyl (C=O) groups excluding carboxylic acids is 4. The zero-order valence-corrected chi connectivity index (χ0v) is 23.3. The van der Waals surface area contributed by atoms with Crippen LogP contribution in [0.25, 0.3) is 11.0 Å². The second-order valence-corrected chi connectivity index (χ2v) is 12.1. The number of carboxylic acids is 1. The lowest BCUT2D eigenvalue weighted by atomic mass is 9.88. The zero-order chi connectivity index (χ0) is 30.6. The lowest BCUT2D eigenvalue weighted by Gasteiger charge is -2.49. The van der Waals surface area contributed by atoms with Crippen LogP contribution in [0, 0.1) is 6.92 Å². The molecule has 4 heterocycles. The molecule has 0 spiro atoms. The normalized spacial score (nSPS) is 22.9. The Morgan fingerprint density at radius 2 is 1.81 bits per heavy atom. The van der Waals surface area contributed by atoms with E-state index in [1.807, 2.05) is 0 Å². The Kier molecular flexibility index (Phi) is 6.92. The molecule has 2 aliphatic heterocycles. The minimum absolute atomic E-state index is 0.0921. The molecule has 2 aliphatic rings. The molecule has 6 N–H and O–H groups in total. The molecule has 218 valence electrons. The largest absolute Gasteiger partial charge is 0.508 e. The number of pyridine rings is 2. The van der Waals surface area contributed by atoms with E-state index in [2.05, 4.69) is 25.9 Å². The summed E-state index contributed by atoms with van der Waals surface area (Å²) in [6, 6.07) is 6.05. The third-order valence-corrected chi connectivity index (χ3v) is 9.02. The van der Waals surface area contributed by atoms with E-state index >= 15 is 0 Å². The van der Waals surface area contributed by atoms with Crippen LogP contribution in [-0.2, 0) is 19.2 Å². The maximum atomic E-state index is 13.6. The highest BCUT2D eigenvalue weighted by atomic mass is 32.2. The number of thioether (sulfide) groups is 1. The van der Waals surface area contributed by atoms with E-state index in [1.165, 1.54) is 24.3 Å². The first kappa shape index (κ1) is 28.6. The Labute approximate surface area is 242 Å². The molecule has 4 atom stereocenters. The van der Waals surface area contributed by atoms with Crippen molar-refractivity contribution in [3.63, 3.8) is 0 Å². The zero-order valence-electron chi connectivity index (χ0n) is 22.5. The number of phenolic OH excluding ortho intramolecular Hbond substituents is 1. The first-order chi connectivity index (χ1) is 19.8. The van der Waals surface area contributed by atoms with Crippen LogP contribution >= 0.6 is 11.8 Å². The predicted molar refractivity (Wildman–Crippen MR) is 148 cm³/mol. The number of aromatic hydroxyl groups is 2. The minimum atomic E-state index is -2.04. The number of amides is 4. The Morgan fingerprint density at radius 1 is 1.12 bits per heavy atom. The molecule has 0 aliphatic carbocycles. The number of rotatable bonds is 8. The number of aliphatic carboxylic acids is 1. The van der Waals surface area contributed by atoms with Crippen molar-refractivity contribution in [1.29, 1.82) is 0 Å². The number of β-lactam (4-membered cyclic amide) rings is 1. The molecule has 0 bridgehead atoms. The van der Waals surface area contributed by atoms with Gasteiger partial charge in [0, 0.05) is 11.9 Å². The van der Waals surface area contributed by atoms with Gasteiger partial charge in [0.15, 0.2) is 5.65 Å². The molecule has 1 aromatic carbocycles. The van der Waals surface area contributed by atoms with Crippen LogP contribution in [0.3, 0.4) is 0 Å². The van der Waals surface area contributed by atoms with E-state index in [0.717, 1.165) is 22.9 Å². The molecule has 2 fully saturated rings. The van der Waals surface area contributed by atoms with E-state index in [-0.39, 0.29) is 34.3 Å². The summed E-state index contributed by atoms with van der Waals surface area (Å²) in [7, 11) is 0. The maximum absolute atomic E-state index is 13.6. The number of hydrogen-bond acceptors (Lipinski definition) is 10. The van der Waals surface area contributed by atoms with Crippen molar-refractivity contribution in [1.82, 2.24) is 30.8 Å². The Morgan fingerprint density at radius 3 is 2.45 bits per heavy atom. The van der Waals surface area contributed by atoms with Gasteiger partial charge in [-0.05, 0) is 50.6 Å². The number of nitrogens with one attached hydrogen (secondary N) is 3. The molecule has 1 unspecified atom stereocenters. The first-order valence-electron chi connectivity index (χ1n) is 12.6. The quantitative estimate of drug-likeness (QED) is 0.156. The van der Waals surface area contributed by atoms with Gasteiger partial charge < -0.3 is 31.3 Å². The SMILES string of the molecule is Cc1ccc2c(O)c(C(=O)NC(C(=O)N[C@@H]3C(=O)N4[C@@H]3SC(C)(C)[C@]4(NC=O)C(=O)O)c3ccc(O)cc3)cnc2n1. The summed E-state index contributed by atoms with van der Waals surface area (Å²) in [5, 5.41) is 37.3. The van der Waals surface area contributed by atoms with Crippen LogP contribution in [0.4, 0.5) is 0 Å². The summed E-state index contributed by atoms with van der Waals surface area (Å²) in [5.41, 5.74) is -1.14. The van der Waals surface area contributed by atoms with E-state index < -0.39 is 57.3 Å². The van der Waals surface area contributed by atoms with Gasteiger partial charge in [0.25, 0.3) is 11.8 Å². The van der Waals surface area contributed by atoms with Gasteiger partial charge in [0.05, 0.1) is 10.1 Å². The molecule has 3 aromatic rings. The molecule has 0 radical (unpaired) electrons. The van der Waals surface area contributed by atoms with E-state index in [0.29, 0.717) is 5.69 Å². The molecule has 42 heavy (non-hydrogen) atoms. The number of fused-ring (bicyclic) bond motifs is 2. The second-order valence-electron chi connectivity index (χ2n) is 10.3. The highest BCUT2D eigenvalue weighted by molar-refractivity contribution is 8.01. The number of nitrogens with zero attached hydrogens (tertiary/aromatic N) is 3. The highest BCUT2D eigenvalue weighted by Gasteiger charge is 2.73. The van der Waals surface area contributed by atoms with Crippen LogP contribution in [0.15, 0.2) is 42.6 Å². The highest BCUT2D eigenvalue weighted by Crippen LogP contribution is 2.55. The Hall–Kier alpha value is -4.92. The standard InChI is InChI=1S/C27H26N6O8S/c1-12-4-9-15-19(36)16(10-28-20(15)30-12)21(37)31-17(13-5-7-14(35)8-6-13)22(38)32-18-23(39)33-24(18)42-26(2,3)27(33,25(40)41)29-11-34/h4-11,17-18,24,35H,1-3H3,(H,29,34)(H,31,37)(H,32,38)(H,40,41)(H,28,30,36)/t17?,18-,24-,27+/m1/s1. The molecule has 2 aromatic heterocycles. The van der Waals surface area contributed by atoms with Gasteiger partial charge in [-0.1, -0.05) is 12.1 Å². The van der Waals surface area contributed by atoms with Crippen LogP contribution in [0.5, 0.6) is 11.5 Å². The molecule has 5 rings (SSSR count). The van der Waals surface area contributed by atoms with Crippen molar-refractivity contribution in [2.45, 2.75) is 48.6 Å². The summed E-state index contributed by atoms with van der Waals surface area (Å²) in [6.07, 6.45) is 1.34. The Balaban J connectivity index is 1.43. The number of carboxylic acid groups (broad SMARTS) is 1. The predicted octanol–water partition coefficient (Wildman–Crippen LogP) is 0.526. The molecular weight excluding hydrogens is 568 g/mol. The lowest BCUT2D eigenvalue weighted by molar-refractivity contribution is -0.175. The van der Waals surface area contributed by atoms with Crippen molar-refractivity contribution in [3.05, 3.63) is 59.4 Å². The van der Waals surface area contributed by atoms with Crippen molar-refractivity contribution in [2.75, 3.05) is 0 Å². The molecule has 14 nitrogen and oxygen atoms in total. The van der Waals surface area contributed by atoms with E-state index in [1.54, 1.807) is 32.9 Å². The van der Waals surface area contributed by atoms with Crippen LogP contribution in [0.1, 0.15) is 41.5 Å². The fourth-order valence-electron chi connectivity index (χ4n) is 5.24. The van der Waals surface area contributed by atoms with Gasteiger partial charge in [-0.25, -0.2) is 14.8 Å². The van der Waals surface area contributed by atoms with Gasteiger partial charge in [-0.3, -0.25) is 24.1 Å². The smallest absolute Gasteiger partial charge is 0.352 e. The van der Waals surface area contributed by atoms with Gasteiger partial charge in [0.2, 0.25) is 18.0 Å². The Bertz CT molecular complexity index is 1650. The van der Waals surface area contributed by atoms with E-state index in [9.17, 15) is 39.3 Å². The number of carbonyl (C=O) groups is 5. The third-order valence-electron chi connectivity index (χ3n) is 7.42. The van der Waals surface area contributed by atoms with Crippen molar-refractivity contribution >= 4 is 52.9 Å². The summed E-state index contributed by atoms with van der Waals surface area (Å²) in [6.45, 7) is 4.87. The first-order valence-corrected chi connectivity index (χ1v) is 13.5. The van der Waals surface area contributed by atoms with Gasteiger partial charge in [0.1, 0.15) is 34.5 Å². The molecule has 0 saturated carbocycles. The molecule has 4 amide bonds. The van der Waals surface area contributed by atoms with Crippen molar-refractivity contribution in [3.8, 4) is 11.5 Å². The van der Waals surface area contributed by atoms with Crippen molar-refractivity contribution < 1.29 is 39.3 Å². The maximum Gasteiger partial charge on any atom is 0.352 e. The van der Waals surface area contributed by atoms with Gasteiger partial charge >= 0.3 is 5.97 Å². The molecule has 2 saturated heterocycles. The number of hydrogen-bond donors (Lipinski definition) is 6. The summed E-state index contributed by atoms with van der Waals surface area (Å²) in [4.78, 5) is 73.1. The second kappa shape index (κ2) is 10.2. The summed E-state index contributed by atoms with van der Waals surface area (Å²) < 4.78 is -1.17. The summed E-state index contributed by atoms with van der Waals surface area (Å²) >= 11 is 1.09. The van der Waals surface area contributed by atoms with Crippen LogP contribution in [0.2, 0.25) is 0 Å². The van der Waals surface area contributed by atoms with Crippen LogP contribution in [-0.4, -0.2) is 82.1 Å². The van der Waals surface area contributed by atoms with E-state index in [4.69, 9.17) is 0 Å². The topological polar surface area (TPSA) is 211 Å². The average molecular weight is 595 g/mol. The number of benzene rings is 1. The summed E-state index contributed by atoms with van der Waals surface area (Å²) in [5.74, 6) is -4.32. The van der Waals surface area contributed by atoms with Gasteiger partial charge in [-0.15, -0.1) is 11.8 Å². The van der Waals surface area contributed by atoms with Gasteiger partial charge in [-0.2, -0.15) is 0 Å². The fraction of sp³-hybridized carbons (Fsp3) is 0.296. The van der Waals surface area contributed by atoms with Crippen molar-refractivity contribution in [2.24, 2.45) is 0 Å².